The third kappa shape index (κ3) is 3.34. The number of benzene rings is 1. The maximum absolute atomic E-state index is 12.2. The van der Waals surface area contributed by atoms with Crippen LogP contribution in [0.15, 0.2) is 24.3 Å². The monoisotopic (exact) mass is 260 g/mol. The summed E-state index contributed by atoms with van der Waals surface area (Å²) in [4.78, 5) is 25.2. The summed E-state index contributed by atoms with van der Waals surface area (Å²) < 4.78 is 0. The Bertz CT molecular complexity index is 477. The fourth-order valence-electron chi connectivity index (χ4n) is 2.43. The van der Waals surface area contributed by atoms with E-state index in [1.807, 2.05) is 36.1 Å². The van der Waals surface area contributed by atoms with Gasteiger partial charge in [-0.15, -0.1) is 0 Å². The zero-order chi connectivity index (χ0) is 13.8. The highest BCUT2D eigenvalue weighted by atomic mass is 16.2. The van der Waals surface area contributed by atoms with Crippen LogP contribution < -0.4 is 5.32 Å². The van der Waals surface area contributed by atoms with Crippen molar-refractivity contribution in [3.63, 3.8) is 0 Å². The van der Waals surface area contributed by atoms with E-state index < -0.39 is 0 Å². The number of carbonyl (C=O) groups excluding carboxylic acids is 2. The van der Waals surface area contributed by atoms with Crippen LogP contribution in [0.5, 0.6) is 0 Å². The first-order valence-electron chi connectivity index (χ1n) is 6.70. The normalized spacial score (nSPS) is 16.2. The van der Waals surface area contributed by atoms with Gasteiger partial charge in [-0.05, 0) is 31.4 Å². The number of aryl methyl sites for hydroxylation is 1. The molecule has 1 heterocycles. The summed E-state index contributed by atoms with van der Waals surface area (Å²) in [5, 5.41) is 3.06. The number of rotatable bonds is 2. The van der Waals surface area contributed by atoms with Crippen LogP contribution in [0.1, 0.15) is 35.7 Å². The lowest BCUT2D eigenvalue weighted by Crippen LogP contribution is -2.46. The number of nitrogens with one attached hydrogen (secondary N) is 1. The molecule has 4 nitrogen and oxygen atoms in total. The molecular weight excluding hydrogens is 240 g/mol. The second-order valence-electron chi connectivity index (χ2n) is 5.07. The second kappa shape index (κ2) is 5.87. The topological polar surface area (TPSA) is 49.4 Å². The van der Waals surface area contributed by atoms with E-state index in [4.69, 9.17) is 0 Å². The number of amides is 2. The number of hydrogen-bond acceptors (Lipinski definition) is 2. The lowest BCUT2D eigenvalue weighted by molar-refractivity contribution is -0.129. The molecule has 102 valence electrons. The van der Waals surface area contributed by atoms with Crippen molar-refractivity contribution in [2.75, 3.05) is 13.1 Å². The van der Waals surface area contributed by atoms with E-state index >= 15 is 0 Å². The molecule has 0 saturated carbocycles. The van der Waals surface area contributed by atoms with E-state index in [-0.39, 0.29) is 17.9 Å². The highest BCUT2D eigenvalue weighted by molar-refractivity contribution is 5.95. The van der Waals surface area contributed by atoms with Crippen LogP contribution in [0.4, 0.5) is 0 Å². The molecule has 1 fully saturated rings. The first kappa shape index (κ1) is 13.6. The lowest BCUT2D eigenvalue weighted by atomic mass is 10.0. The Labute approximate surface area is 113 Å². The van der Waals surface area contributed by atoms with Gasteiger partial charge in [0.25, 0.3) is 5.91 Å². The van der Waals surface area contributed by atoms with E-state index in [0.29, 0.717) is 0 Å². The predicted octanol–water partition coefficient (Wildman–Crippen LogP) is 1.74. The highest BCUT2D eigenvalue weighted by Crippen LogP contribution is 2.12. The van der Waals surface area contributed by atoms with Crippen LogP contribution >= 0.6 is 0 Å². The molecule has 1 aromatic carbocycles. The molecule has 0 aliphatic carbocycles. The highest BCUT2D eigenvalue weighted by Gasteiger charge is 2.22. The van der Waals surface area contributed by atoms with Gasteiger partial charge in [0.15, 0.2) is 0 Å². The van der Waals surface area contributed by atoms with E-state index in [2.05, 4.69) is 5.32 Å². The maximum atomic E-state index is 12.2. The van der Waals surface area contributed by atoms with E-state index in [9.17, 15) is 9.59 Å². The lowest BCUT2D eigenvalue weighted by Gasteiger charge is -2.31. The van der Waals surface area contributed by atoms with Gasteiger partial charge >= 0.3 is 0 Å². The molecule has 2 amide bonds. The summed E-state index contributed by atoms with van der Waals surface area (Å²) >= 11 is 0. The van der Waals surface area contributed by atoms with Crippen molar-refractivity contribution in [1.82, 2.24) is 10.2 Å². The Balaban J connectivity index is 1.91. The van der Waals surface area contributed by atoms with Crippen LogP contribution in [0.3, 0.4) is 0 Å². The van der Waals surface area contributed by atoms with E-state index in [1.54, 1.807) is 6.92 Å². The van der Waals surface area contributed by atoms with Gasteiger partial charge in [0.2, 0.25) is 5.91 Å². The molecule has 0 aromatic heterocycles. The molecule has 0 bridgehead atoms. The molecule has 1 aliphatic heterocycles. The molecule has 1 aromatic rings. The standard InChI is InChI=1S/C15H20N2O2/c1-11-5-3-4-6-14(11)15(19)16-13-7-9-17(10-8-13)12(2)18/h3-6,13H,7-10H2,1-2H3,(H,16,19). The summed E-state index contributed by atoms with van der Waals surface area (Å²) in [5.74, 6) is 0.100. The van der Waals surface area contributed by atoms with E-state index in [0.717, 1.165) is 37.1 Å². The van der Waals surface area contributed by atoms with Crippen LogP contribution in [-0.2, 0) is 4.79 Å². The van der Waals surface area contributed by atoms with Gasteiger partial charge in [0.1, 0.15) is 0 Å². The summed E-state index contributed by atoms with van der Waals surface area (Å²) in [6.07, 6.45) is 1.66. The molecule has 0 atom stereocenters. The fourth-order valence-corrected chi connectivity index (χ4v) is 2.43. The Morgan fingerprint density at radius 3 is 2.42 bits per heavy atom. The van der Waals surface area contributed by atoms with Crippen molar-refractivity contribution in [2.45, 2.75) is 32.7 Å². The van der Waals surface area contributed by atoms with Gasteiger partial charge in [-0.25, -0.2) is 0 Å². The third-order valence-corrected chi connectivity index (χ3v) is 3.67. The maximum Gasteiger partial charge on any atom is 0.251 e. The number of hydrogen-bond donors (Lipinski definition) is 1. The Hall–Kier alpha value is -1.84. The molecule has 0 unspecified atom stereocenters. The Kier molecular flexibility index (Phi) is 4.20. The minimum Gasteiger partial charge on any atom is -0.349 e. The average Bonchev–Trinajstić information content (AvgIpc) is 2.39. The summed E-state index contributed by atoms with van der Waals surface area (Å²) in [6, 6.07) is 7.75. The molecule has 1 saturated heterocycles. The van der Waals surface area contributed by atoms with Gasteiger partial charge < -0.3 is 10.2 Å². The minimum atomic E-state index is -0.0145. The minimum absolute atomic E-state index is 0.0145. The molecule has 0 radical (unpaired) electrons. The van der Waals surface area contributed by atoms with Gasteiger partial charge in [-0.3, -0.25) is 9.59 Å². The van der Waals surface area contributed by atoms with Gasteiger partial charge in [0, 0.05) is 31.6 Å². The van der Waals surface area contributed by atoms with E-state index in [1.165, 1.54) is 0 Å². The molecular formula is C15H20N2O2. The largest absolute Gasteiger partial charge is 0.349 e. The second-order valence-corrected chi connectivity index (χ2v) is 5.07. The Morgan fingerprint density at radius 2 is 1.84 bits per heavy atom. The molecule has 2 rings (SSSR count). The van der Waals surface area contributed by atoms with Gasteiger partial charge in [-0.1, -0.05) is 18.2 Å². The fraction of sp³-hybridized carbons (Fsp3) is 0.467. The summed E-state index contributed by atoms with van der Waals surface area (Å²) in [5.41, 5.74) is 1.72. The number of piperidine rings is 1. The molecule has 19 heavy (non-hydrogen) atoms. The number of carbonyl (C=O) groups is 2. The van der Waals surface area contributed by atoms with Gasteiger partial charge in [-0.2, -0.15) is 0 Å². The smallest absolute Gasteiger partial charge is 0.251 e. The molecule has 4 heteroatoms. The van der Waals surface area contributed by atoms with Crippen LogP contribution in [0, 0.1) is 6.92 Å². The summed E-state index contributed by atoms with van der Waals surface area (Å²) in [7, 11) is 0. The first-order valence-corrected chi connectivity index (χ1v) is 6.70. The van der Waals surface area contributed by atoms with Crippen molar-refractivity contribution in [1.29, 1.82) is 0 Å². The average molecular weight is 260 g/mol. The molecule has 1 aliphatic rings. The quantitative estimate of drug-likeness (QED) is 0.880. The molecule has 0 spiro atoms. The Morgan fingerprint density at radius 1 is 1.21 bits per heavy atom. The third-order valence-electron chi connectivity index (χ3n) is 3.67. The van der Waals surface area contributed by atoms with Crippen LogP contribution in [0.2, 0.25) is 0 Å². The number of nitrogens with zero attached hydrogens (tertiary/aromatic N) is 1. The van der Waals surface area contributed by atoms with Crippen molar-refractivity contribution in [2.24, 2.45) is 0 Å². The number of likely N-dealkylation sites (tertiary alicyclic amines) is 1. The van der Waals surface area contributed by atoms with Crippen molar-refractivity contribution in [3.8, 4) is 0 Å². The zero-order valence-electron chi connectivity index (χ0n) is 11.5. The molecule has 1 N–H and O–H groups in total. The van der Waals surface area contributed by atoms with Crippen LogP contribution in [0.25, 0.3) is 0 Å². The zero-order valence-corrected chi connectivity index (χ0v) is 11.5. The SMILES string of the molecule is CC(=O)N1CCC(NC(=O)c2ccccc2C)CC1. The van der Waals surface area contributed by atoms with Crippen molar-refractivity contribution < 1.29 is 9.59 Å². The first-order chi connectivity index (χ1) is 9.08. The predicted molar refractivity (Wildman–Crippen MR) is 73.9 cm³/mol. The summed E-state index contributed by atoms with van der Waals surface area (Å²) in [6.45, 7) is 4.99. The van der Waals surface area contributed by atoms with Crippen molar-refractivity contribution in [3.05, 3.63) is 35.4 Å². The van der Waals surface area contributed by atoms with Crippen molar-refractivity contribution >= 4 is 11.8 Å². The van der Waals surface area contributed by atoms with Crippen LogP contribution in [-0.4, -0.2) is 35.8 Å². The van der Waals surface area contributed by atoms with Gasteiger partial charge in [0.05, 0.1) is 0 Å².